The lowest BCUT2D eigenvalue weighted by atomic mass is 10.0. The molecule has 1 aliphatic heterocycles. The SMILES string of the molecule is COC(=O)c1ccc2c(c1)C(Oc1ccccc1OC)CCO2. The van der Waals surface area contributed by atoms with E-state index in [9.17, 15) is 4.79 Å². The van der Waals surface area contributed by atoms with Gasteiger partial charge in [-0.2, -0.15) is 0 Å². The van der Waals surface area contributed by atoms with Gasteiger partial charge in [-0.05, 0) is 30.3 Å². The highest BCUT2D eigenvalue weighted by atomic mass is 16.5. The van der Waals surface area contributed by atoms with E-state index < -0.39 is 0 Å². The number of para-hydroxylation sites is 2. The first kappa shape index (κ1) is 15.2. The van der Waals surface area contributed by atoms with Gasteiger partial charge in [-0.3, -0.25) is 0 Å². The number of fused-ring (bicyclic) bond motifs is 1. The van der Waals surface area contributed by atoms with Crippen LogP contribution in [0.25, 0.3) is 0 Å². The van der Waals surface area contributed by atoms with E-state index in [4.69, 9.17) is 18.9 Å². The number of carbonyl (C=O) groups is 1. The van der Waals surface area contributed by atoms with Gasteiger partial charge in [-0.15, -0.1) is 0 Å². The van der Waals surface area contributed by atoms with E-state index in [1.165, 1.54) is 7.11 Å². The molecule has 1 unspecified atom stereocenters. The van der Waals surface area contributed by atoms with E-state index in [0.717, 1.165) is 11.3 Å². The van der Waals surface area contributed by atoms with Crippen LogP contribution in [0.15, 0.2) is 42.5 Å². The van der Waals surface area contributed by atoms with Crippen molar-refractivity contribution in [1.29, 1.82) is 0 Å². The van der Waals surface area contributed by atoms with Crippen LogP contribution < -0.4 is 14.2 Å². The maximum absolute atomic E-state index is 11.7. The van der Waals surface area contributed by atoms with Gasteiger partial charge in [0.2, 0.25) is 0 Å². The first-order valence-corrected chi connectivity index (χ1v) is 7.37. The van der Waals surface area contributed by atoms with Crippen molar-refractivity contribution in [1.82, 2.24) is 0 Å². The summed E-state index contributed by atoms with van der Waals surface area (Å²) in [5.41, 5.74) is 1.32. The molecule has 2 aromatic carbocycles. The number of benzene rings is 2. The van der Waals surface area contributed by atoms with Crippen LogP contribution in [0, 0.1) is 0 Å². The molecule has 120 valence electrons. The summed E-state index contributed by atoms with van der Waals surface area (Å²) in [4.78, 5) is 11.7. The van der Waals surface area contributed by atoms with E-state index in [1.807, 2.05) is 24.3 Å². The number of hydrogen-bond donors (Lipinski definition) is 0. The summed E-state index contributed by atoms with van der Waals surface area (Å²) in [6.45, 7) is 0.560. The predicted molar refractivity (Wildman–Crippen MR) is 84.3 cm³/mol. The van der Waals surface area contributed by atoms with Crippen LogP contribution in [0.3, 0.4) is 0 Å². The summed E-state index contributed by atoms with van der Waals surface area (Å²) in [6.07, 6.45) is 0.482. The van der Waals surface area contributed by atoms with Gasteiger partial charge in [0.05, 0.1) is 26.4 Å². The lowest BCUT2D eigenvalue weighted by Gasteiger charge is -2.27. The Morgan fingerprint density at radius 1 is 1.13 bits per heavy atom. The first-order valence-electron chi connectivity index (χ1n) is 7.37. The summed E-state index contributed by atoms with van der Waals surface area (Å²) in [6, 6.07) is 12.7. The quantitative estimate of drug-likeness (QED) is 0.810. The lowest BCUT2D eigenvalue weighted by molar-refractivity contribution is 0.0600. The fraction of sp³-hybridized carbons (Fsp3) is 0.278. The third kappa shape index (κ3) is 3.08. The van der Waals surface area contributed by atoms with Crippen molar-refractivity contribution in [2.24, 2.45) is 0 Å². The van der Waals surface area contributed by atoms with Gasteiger partial charge in [-0.25, -0.2) is 4.79 Å². The molecule has 0 N–H and O–H groups in total. The number of esters is 1. The Morgan fingerprint density at radius 3 is 2.65 bits per heavy atom. The second-order valence-corrected chi connectivity index (χ2v) is 5.14. The van der Waals surface area contributed by atoms with Crippen molar-refractivity contribution < 1.29 is 23.7 Å². The third-order valence-electron chi connectivity index (χ3n) is 3.75. The monoisotopic (exact) mass is 314 g/mol. The Labute approximate surface area is 134 Å². The molecule has 2 aromatic rings. The smallest absolute Gasteiger partial charge is 0.337 e. The summed E-state index contributed by atoms with van der Waals surface area (Å²) in [5.74, 6) is 1.68. The Bertz CT molecular complexity index is 710. The van der Waals surface area contributed by atoms with Gasteiger partial charge < -0.3 is 18.9 Å². The average molecular weight is 314 g/mol. The third-order valence-corrected chi connectivity index (χ3v) is 3.75. The number of rotatable bonds is 4. The molecule has 1 atom stereocenters. The zero-order chi connectivity index (χ0) is 16.2. The number of methoxy groups -OCH3 is 2. The minimum atomic E-state index is -0.380. The highest BCUT2D eigenvalue weighted by Crippen LogP contribution is 2.38. The molecule has 0 fully saturated rings. The molecule has 0 saturated carbocycles. The van der Waals surface area contributed by atoms with Crippen molar-refractivity contribution in [3.63, 3.8) is 0 Å². The van der Waals surface area contributed by atoms with Gasteiger partial charge in [0.15, 0.2) is 11.5 Å². The van der Waals surface area contributed by atoms with Crippen LogP contribution in [-0.2, 0) is 4.74 Å². The summed E-state index contributed by atoms with van der Waals surface area (Å²) >= 11 is 0. The largest absolute Gasteiger partial charge is 0.493 e. The molecular weight excluding hydrogens is 296 g/mol. The van der Waals surface area contributed by atoms with Crippen LogP contribution >= 0.6 is 0 Å². The Balaban J connectivity index is 1.92. The van der Waals surface area contributed by atoms with Gasteiger partial charge in [0.25, 0.3) is 0 Å². The Hall–Kier alpha value is -2.69. The summed E-state index contributed by atoms with van der Waals surface area (Å²) < 4.78 is 21.9. The van der Waals surface area contributed by atoms with Crippen molar-refractivity contribution in [3.05, 3.63) is 53.6 Å². The molecule has 0 aromatic heterocycles. The lowest BCUT2D eigenvalue weighted by Crippen LogP contribution is -2.19. The van der Waals surface area contributed by atoms with Crippen molar-refractivity contribution in [2.75, 3.05) is 20.8 Å². The molecule has 0 bridgehead atoms. The van der Waals surface area contributed by atoms with Gasteiger partial charge in [-0.1, -0.05) is 12.1 Å². The van der Waals surface area contributed by atoms with E-state index in [-0.39, 0.29) is 12.1 Å². The fourth-order valence-electron chi connectivity index (χ4n) is 2.60. The molecular formula is C18H18O5. The zero-order valence-electron chi connectivity index (χ0n) is 13.1. The molecule has 5 heteroatoms. The molecule has 0 amide bonds. The van der Waals surface area contributed by atoms with Gasteiger partial charge >= 0.3 is 5.97 Å². The molecule has 3 rings (SSSR count). The van der Waals surface area contributed by atoms with Gasteiger partial charge in [0.1, 0.15) is 11.9 Å². The molecule has 0 aliphatic carbocycles. The van der Waals surface area contributed by atoms with E-state index in [2.05, 4.69) is 0 Å². The molecule has 0 saturated heterocycles. The number of carbonyl (C=O) groups excluding carboxylic acids is 1. The van der Waals surface area contributed by atoms with Crippen molar-refractivity contribution in [3.8, 4) is 17.2 Å². The summed E-state index contributed by atoms with van der Waals surface area (Å²) in [7, 11) is 2.97. The van der Waals surface area contributed by atoms with E-state index >= 15 is 0 Å². The van der Waals surface area contributed by atoms with Crippen LogP contribution in [0.1, 0.15) is 28.4 Å². The maximum Gasteiger partial charge on any atom is 0.337 e. The number of ether oxygens (including phenoxy) is 4. The second-order valence-electron chi connectivity index (χ2n) is 5.14. The Kier molecular flexibility index (Phi) is 4.37. The van der Waals surface area contributed by atoms with E-state index in [1.54, 1.807) is 25.3 Å². The van der Waals surface area contributed by atoms with Crippen LogP contribution in [0.4, 0.5) is 0 Å². The highest BCUT2D eigenvalue weighted by Gasteiger charge is 2.25. The first-order chi connectivity index (χ1) is 11.2. The highest BCUT2D eigenvalue weighted by molar-refractivity contribution is 5.89. The maximum atomic E-state index is 11.7. The van der Waals surface area contributed by atoms with Crippen LogP contribution in [-0.4, -0.2) is 26.8 Å². The molecule has 5 nitrogen and oxygen atoms in total. The zero-order valence-corrected chi connectivity index (χ0v) is 13.1. The Morgan fingerprint density at radius 2 is 1.91 bits per heavy atom. The van der Waals surface area contributed by atoms with Crippen molar-refractivity contribution >= 4 is 5.97 Å². The predicted octanol–water partition coefficient (Wildman–Crippen LogP) is 3.38. The fourth-order valence-corrected chi connectivity index (χ4v) is 2.60. The minimum Gasteiger partial charge on any atom is -0.493 e. The summed E-state index contributed by atoms with van der Waals surface area (Å²) in [5, 5.41) is 0. The molecule has 23 heavy (non-hydrogen) atoms. The standard InChI is InChI=1S/C18H18O5/c1-20-16-5-3-4-6-17(16)23-15-9-10-22-14-8-7-12(11-13(14)15)18(19)21-2/h3-8,11,15H,9-10H2,1-2H3. The minimum absolute atomic E-state index is 0.209. The van der Waals surface area contributed by atoms with Crippen LogP contribution in [0.5, 0.6) is 17.2 Å². The normalized spacial score (nSPS) is 16.0. The van der Waals surface area contributed by atoms with Gasteiger partial charge in [0, 0.05) is 12.0 Å². The molecule has 1 heterocycles. The molecule has 1 aliphatic rings. The second kappa shape index (κ2) is 6.60. The molecule has 0 radical (unpaired) electrons. The van der Waals surface area contributed by atoms with Crippen molar-refractivity contribution in [2.45, 2.75) is 12.5 Å². The van der Waals surface area contributed by atoms with Crippen LogP contribution in [0.2, 0.25) is 0 Å². The molecule has 0 spiro atoms. The number of hydrogen-bond acceptors (Lipinski definition) is 5. The van der Waals surface area contributed by atoms with E-state index in [0.29, 0.717) is 30.1 Å². The topological polar surface area (TPSA) is 54.0 Å². The average Bonchev–Trinajstić information content (AvgIpc) is 2.61.